The molecule has 3 atom stereocenters. The monoisotopic (exact) mass is 433 g/mol. The highest BCUT2D eigenvalue weighted by Crippen LogP contribution is 2.39. The number of halogens is 3. The normalized spacial score (nSPS) is 24.2. The number of benzene rings is 1. The highest BCUT2D eigenvalue weighted by Gasteiger charge is 2.39. The summed E-state index contributed by atoms with van der Waals surface area (Å²) in [6.45, 7) is 2.08. The first-order valence-electron chi connectivity index (χ1n) is 10.1. The zero-order chi connectivity index (χ0) is 21.6. The maximum atomic E-state index is 13.2. The van der Waals surface area contributed by atoms with Gasteiger partial charge in [-0.25, -0.2) is 9.97 Å². The van der Waals surface area contributed by atoms with Crippen molar-refractivity contribution < 1.29 is 22.6 Å². The first kappa shape index (κ1) is 20.1. The Hall–Kier alpha value is -2.85. The Morgan fingerprint density at radius 2 is 2.10 bits per heavy atom. The molecule has 2 aliphatic rings. The van der Waals surface area contributed by atoms with Crippen LogP contribution in [-0.4, -0.2) is 58.8 Å². The summed E-state index contributed by atoms with van der Waals surface area (Å²) in [5, 5.41) is 3.70. The molecule has 0 spiro atoms. The third-order valence-corrected chi connectivity index (χ3v) is 6.05. The fourth-order valence-electron chi connectivity index (χ4n) is 4.44. The van der Waals surface area contributed by atoms with E-state index in [-0.39, 0.29) is 23.8 Å². The van der Waals surface area contributed by atoms with E-state index < -0.39 is 11.9 Å². The van der Waals surface area contributed by atoms with Crippen molar-refractivity contribution in [2.75, 3.05) is 32.1 Å². The second-order valence-corrected chi connectivity index (χ2v) is 7.84. The zero-order valence-corrected chi connectivity index (χ0v) is 16.8. The fraction of sp³-hybridized carbons (Fsp3) is 0.429. The Labute approximate surface area is 176 Å². The average Bonchev–Trinajstić information content (AvgIpc) is 3.41. The van der Waals surface area contributed by atoms with Gasteiger partial charge in [-0.3, -0.25) is 4.90 Å². The molecule has 31 heavy (non-hydrogen) atoms. The molecule has 0 aliphatic carbocycles. The van der Waals surface area contributed by atoms with Crippen LogP contribution in [0.25, 0.3) is 11.0 Å². The predicted octanol–water partition coefficient (Wildman–Crippen LogP) is 3.61. The number of para-hydroxylation sites is 1. The molecule has 5 rings (SSSR count). The molecule has 3 aromatic rings. The summed E-state index contributed by atoms with van der Waals surface area (Å²) >= 11 is 0. The number of aromatic nitrogens is 3. The van der Waals surface area contributed by atoms with Gasteiger partial charge in [0.15, 0.2) is 0 Å². The minimum absolute atomic E-state index is 0.0268. The molecule has 0 saturated carbocycles. The maximum Gasteiger partial charge on any atom is 0.431 e. The van der Waals surface area contributed by atoms with Crippen molar-refractivity contribution in [2.24, 2.45) is 0 Å². The number of methoxy groups -OCH3 is 1. The van der Waals surface area contributed by atoms with E-state index >= 15 is 0 Å². The largest absolute Gasteiger partial charge is 0.491 e. The van der Waals surface area contributed by atoms with Crippen LogP contribution in [0.4, 0.5) is 19.0 Å². The minimum Gasteiger partial charge on any atom is -0.491 e. The Morgan fingerprint density at radius 3 is 2.87 bits per heavy atom. The van der Waals surface area contributed by atoms with Gasteiger partial charge in [-0.1, -0.05) is 18.2 Å². The summed E-state index contributed by atoms with van der Waals surface area (Å²) in [5.74, 6) is 1.11. The SMILES string of the molecule is CO[C@H]1CCN([C@@H]2COc3ccccc3[C@H]2Nc2ncnc3[nH]c(C(F)(F)F)cc23)C1. The van der Waals surface area contributed by atoms with Gasteiger partial charge in [0, 0.05) is 25.8 Å². The first-order chi connectivity index (χ1) is 14.9. The lowest BCUT2D eigenvalue weighted by molar-refractivity contribution is -0.140. The van der Waals surface area contributed by atoms with Crippen molar-refractivity contribution in [1.82, 2.24) is 19.9 Å². The summed E-state index contributed by atoms with van der Waals surface area (Å²) in [4.78, 5) is 12.9. The third kappa shape index (κ3) is 3.70. The van der Waals surface area contributed by atoms with Gasteiger partial charge in [-0.05, 0) is 18.6 Å². The van der Waals surface area contributed by atoms with Gasteiger partial charge < -0.3 is 19.8 Å². The lowest BCUT2D eigenvalue weighted by Crippen LogP contribution is -2.47. The Kier molecular flexibility index (Phi) is 4.98. The van der Waals surface area contributed by atoms with E-state index in [4.69, 9.17) is 9.47 Å². The Balaban J connectivity index is 1.52. The minimum atomic E-state index is -4.49. The quantitative estimate of drug-likeness (QED) is 0.655. The lowest BCUT2D eigenvalue weighted by atomic mass is 9.95. The van der Waals surface area contributed by atoms with Crippen LogP contribution in [0, 0.1) is 0 Å². The van der Waals surface area contributed by atoms with Gasteiger partial charge >= 0.3 is 6.18 Å². The fourth-order valence-corrected chi connectivity index (χ4v) is 4.44. The molecule has 2 aliphatic heterocycles. The second kappa shape index (κ2) is 7.69. The summed E-state index contributed by atoms with van der Waals surface area (Å²) in [7, 11) is 1.71. The molecule has 2 aromatic heterocycles. The van der Waals surface area contributed by atoms with Crippen LogP contribution in [0.2, 0.25) is 0 Å². The van der Waals surface area contributed by atoms with Crippen LogP contribution in [0.1, 0.15) is 23.7 Å². The van der Waals surface area contributed by atoms with E-state index in [1.807, 2.05) is 24.3 Å². The molecule has 0 radical (unpaired) electrons. The van der Waals surface area contributed by atoms with Crippen LogP contribution in [0.3, 0.4) is 0 Å². The van der Waals surface area contributed by atoms with Gasteiger partial charge in [0.1, 0.15) is 35.8 Å². The van der Waals surface area contributed by atoms with Crippen molar-refractivity contribution in [3.05, 3.63) is 47.9 Å². The summed E-state index contributed by atoms with van der Waals surface area (Å²) < 4.78 is 51.2. The van der Waals surface area contributed by atoms with Gasteiger partial charge in [0.25, 0.3) is 0 Å². The number of nitrogens with zero attached hydrogens (tertiary/aromatic N) is 3. The number of likely N-dealkylation sites (tertiary alicyclic amines) is 1. The molecule has 4 heterocycles. The number of rotatable bonds is 4. The molecule has 1 saturated heterocycles. The van der Waals surface area contributed by atoms with Crippen LogP contribution in [-0.2, 0) is 10.9 Å². The highest BCUT2D eigenvalue weighted by molar-refractivity contribution is 5.88. The van der Waals surface area contributed by atoms with Crippen molar-refractivity contribution in [2.45, 2.75) is 30.8 Å². The number of H-pyrrole nitrogens is 1. The lowest BCUT2D eigenvalue weighted by Gasteiger charge is -2.39. The second-order valence-electron chi connectivity index (χ2n) is 7.84. The third-order valence-electron chi connectivity index (χ3n) is 6.05. The van der Waals surface area contributed by atoms with Gasteiger partial charge in [-0.2, -0.15) is 13.2 Å². The van der Waals surface area contributed by atoms with Gasteiger partial charge in [0.2, 0.25) is 0 Å². The highest BCUT2D eigenvalue weighted by atomic mass is 19.4. The van der Waals surface area contributed by atoms with Crippen molar-refractivity contribution in [3.8, 4) is 5.75 Å². The number of hydrogen-bond acceptors (Lipinski definition) is 6. The number of fused-ring (bicyclic) bond motifs is 2. The van der Waals surface area contributed by atoms with Gasteiger partial charge in [0.05, 0.1) is 23.6 Å². The molecule has 7 nitrogen and oxygen atoms in total. The van der Waals surface area contributed by atoms with Crippen molar-refractivity contribution in [3.63, 3.8) is 0 Å². The Morgan fingerprint density at radius 1 is 1.26 bits per heavy atom. The number of aromatic amines is 1. The average molecular weight is 433 g/mol. The zero-order valence-electron chi connectivity index (χ0n) is 16.8. The van der Waals surface area contributed by atoms with E-state index in [0.29, 0.717) is 17.8 Å². The Bertz CT molecular complexity index is 1090. The standard InChI is InChI=1S/C21H22F3N5O2/c1-30-12-6-7-29(9-12)15-10-31-16-5-3-2-4-13(16)18(15)28-20-14-8-17(21(22,23)24)27-19(14)25-11-26-20/h2-5,8,11-12,15,18H,6-7,9-10H2,1H3,(H2,25,26,27,28)/t12-,15+,18+/m0/s1. The summed E-state index contributed by atoms with van der Waals surface area (Å²) in [5.41, 5.74) is 0.234. The topological polar surface area (TPSA) is 75.3 Å². The molecule has 164 valence electrons. The van der Waals surface area contributed by atoms with Crippen molar-refractivity contribution >= 4 is 16.9 Å². The number of anilines is 1. The summed E-state index contributed by atoms with van der Waals surface area (Å²) in [6, 6.07) is 8.50. The van der Waals surface area contributed by atoms with Crippen LogP contribution in [0.5, 0.6) is 5.75 Å². The van der Waals surface area contributed by atoms with E-state index in [1.54, 1.807) is 7.11 Å². The van der Waals surface area contributed by atoms with E-state index in [1.165, 1.54) is 6.33 Å². The number of ether oxygens (including phenoxy) is 2. The van der Waals surface area contributed by atoms with Crippen molar-refractivity contribution in [1.29, 1.82) is 0 Å². The number of alkyl halides is 3. The summed E-state index contributed by atoms with van der Waals surface area (Å²) in [6.07, 6.45) is -2.15. The molecular formula is C21H22F3N5O2. The van der Waals surface area contributed by atoms with E-state index in [0.717, 1.165) is 36.9 Å². The van der Waals surface area contributed by atoms with Gasteiger partial charge in [-0.15, -0.1) is 0 Å². The molecule has 2 N–H and O–H groups in total. The molecule has 0 unspecified atom stereocenters. The molecule has 1 aromatic carbocycles. The smallest absolute Gasteiger partial charge is 0.431 e. The van der Waals surface area contributed by atoms with Crippen LogP contribution >= 0.6 is 0 Å². The van der Waals surface area contributed by atoms with Crippen LogP contribution < -0.4 is 10.1 Å². The predicted molar refractivity (Wildman–Crippen MR) is 108 cm³/mol. The molecule has 1 fully saturated rings. The molecule has 0 amide bonds. The molecule has 10 heteroatoms. The van der Waals surface area contributed by atoms with E-state index in [9.17, 15) is 13.2 Å². The molecule has 0 bridgehead atoms. The number of nitrogens with one attached hydrogen (secondary N) is 2. The molecular weight excluding hydrogens is 411 g/mol. The van der Waals surface area contributed by atoms with Crippen LogP contribution in [0.15, 0.2) is 36.7 Å². The first-order valence-corrected chi connectivity index (χ1v) is 10.1. The number of hydrogen-bond donors (Lipinski definition) is 2. The maximum absolute atomic E-state index is 13.2. The van der Waals surface area contributed by atoms with E-state index in [2.05, 4.69) is 25.2 Å².